The predicted molar refractivity (Wildman–Crippen MR) is 59.9 cm³/mol. The number of benzene rings is 1. The molecule has 1 aromatic rings. The maximum atomic E-state index is 11.3. The lowest BCUT2D eigenvalue weighted by atomic mass is 10.1. The van der Waals surface area contributed by atoms with Gasteiger partial charge in [0.1, 0.15) is 5.75 Å². The number of carbonyl (C=O) groups excluding carboxylic acids is 1. The monoisotopic (exact) mass is 208 g/mol. The largest absolute Gasteiger partial charge is 0.507 e. The average Bonchev–Trinajstić information content (AvgIpc) is 2.18. The number of phenolic OH excluding ortho intramolecular Hbond substituents is 1. The van der Waals surface area contributed by atoms with Gasteiger partial charge in [-0.05, 0) is 32.4 Å². The number of nitrogens with two attached hydrogens (primary N) is 1. The maximum Gasteiger partial charge on any atom is 0.241 e. The fourth-order valence-electron chi connectivity index (χ4n) is 1.22. The van der Waals surface area contributed by atoms with Gasteiger partial charge in [-0.2, -0.15) is 0 Å². The SMILES string of the molecule is Cc1ccc(NC(=O)[C@H](C)N)c(C)c1O. The molecule has 0 aliphatic heterocycles. The first-order valence-corrected chi connectivity index (χ1v) is 4.79. The second-order valence-electron chi connectivity index (χ2n) is 3.68. The first-order chi connectivity index (χ1) is 6.93. The van der Waals surface area contributed by atoms with Crippen molar-refractivity contribution in [2.75, 3.05) is 5.32 Å². The lowest BCUT2D eigenvalue weighted by Gasteiger charge is -2.12. The van der Waals surface area contributed by atoms with Crippen molar-refractivity contribution in [2.45, 2.75) is 26.8 Å². The van der Waals surface area contributed by atoms with Crippen LogP contribution in [0.25, 0.3) is 0 Å². The van der Waals surface area contributed by atoms with E-state index in [2.05, 4.69) is 5.32 Å². The number of amides is 1. The summed E-state index contributed by atoms with van der Waals surface area (Å²) in [7, 11) is 0. The van der Waals surface area contributed by atoms with Gasteiger partial charge in [-0.1, -0.05) is 6.07 Å². The van der Waals surface area contributed by atoms with Crippen LogP contribution in [0.2, 0.25) is 0 Å². The highest BCUT2D eigenvalue weighted by molar-refractivity contribution is 5.95. The Morgan fingerprint density at radius 1 is 1.47 bits per heavy atom. The molecule has 4 heteroatoms. The van der Waals surface area contributed by atoms with Crippen molar-refractivity contribution in [1.29, 1.82) is 0 Å². The first-order valence-electron chi connectivity index (χ1n) is 4.79. The number of rotatable bonds is 2. The van der Waals surface area contributed by atoms with E-state index in [-0.39, 0.29) is 11.7 Å². The minimum Gasteiger partial charge on any atom is -0.507 e. The van der Waals surface area contributed by atoms with Crippen molar-refractivity contribution in [3.05, 3.63) is 23.3 Å². The van der Waals surface area contributed by atoms with Gasteiger partial charge in [0.25, 0.3) is 0 Å². The molecule has 0 heterocycles. The van der Waals surface area contributed by atoms with E-state index in [1.807, 2.05) is 0 Å². The van der Waals surface area contributed by atoms with E-state index < -0.39 is 6.04 Å². The van der Waals surface area contributed by atoms with E-state index in [1.165, 1.54) is 0 Å². The van der Waals surface area contributed by atoms with Gasteiger partial charge in [0.05, 0.1) is 6.04 Å². The number of anilines is 1. The van der Waals surface area contributed by atoms with Crippen molar-refractivity contribution < 1.29 is 9.90 Å². The molecule has 0 fully saturated rings. The third kappa shape index (κ3) is 2.47. The van der Waals surface area contributed by atoms with E-state index in [0.29, 0.717) is 11.3 Å². The second-order valence-corrected chi connectivity index (χ2v) is 3.68. The van der Waals surface area contributed by atoms with E-state index in [9.17, 15) is 9.90 Å². The van der Waals surface area contributed by atoms with Gasteiger partial charge in [-0.15, -0.1) is 0 Å². The molecule has 82 valence electrons. The van der Waals surface area contributed by atoms with Gasteiger partial charge in [0.15, 0.2) is 0 Å². The summed E-state index contributed by atoms with van der Waals surface area (Å²) in [6, 6.07) is 2.94. The Morgan fingerprint density at radius 3 is 2.60 bits per heavy atom. The van der Waals surface area contributed by atoms with E-state index in [1.54, 1.807) is 32.9 Å². The highest BCUT2D eigenvalue weighted by Gasteiger charge is 2.11. The molecular weight excluding hydrogens is 192 g/mol. The Kier molecular flexibility index (Phi) is 3.31. The van der Waals surface area contributed by atoms with Gasteiger partial charge in [-0.3, -0.25) is 4.79 Å². The molecule has 0 radical (unpaired) electrons. The van der Waals surface area contributed by atoms with Crippen LogP contribution in [0.15, 0.2) is 12.1 Å². The zero-order valence-corrected chi connectivity index (χ0v) is 9.16. The number of hydrogen-bond donors (Lipinski definition) is 3. The third-order valence-corrected chi connectivity index (χ3v) is 2.30. The van der Waals surface area contributed by atoms with E-state index >= 15 is 0 Å². The van der Waals surface area contributed by atoms with Crippen LogP contribution in [0, 0.1) is 13.8 Å². The van der Waals surface area contributed by atoms with Crippen LogP contribution in [0.1, 0.15) is 18.1 Å². The molecule has 0 aliphatic rings. The van der Waals surface area contributed by atoms with Crippen LogP contribution in [0.5, 0.6) is 5.75 Å². The number of aryl methyl sites for hydroxylation is 1. The van der Waals surface area contributed by atoms with Crippen LogP contribution in [0.3, 0.4) is 0 Å². The van der Waals surface area contributed by atoms with Crippen LogP contribution >= 0.6 is 0 Å². The van der Waals surface area contributed by atoms with Crippen LogP contribution in [-0.2, 0) is 4.79 Å². The number of hydrogen-bond acceptors (Lipinski definition) is 3. The summed E-state index contributed by atoms with van der Waals surface area (Å²) < 4.78 is 0. The van der Waals surface area contributed by atoms with Crippen LogP contribution < -0.4 is 11.1 Å². The summed E-state index contributed by atoms with van der Waals surface area (Å²) in [4.78, 5) is 11.3. The fourth-order valence-corrected chi connectivity index (χ4v) is 1.22. The lowest BCUT2D eigenvalue weighted by molar-refractivity contribution is -0.117. The fraction of sp³-hybridized carbons (Fsp3) is 0.364. The number of carbonyl (C=O) groups is 1. The summed E-state index contributed by atoms with van der Waals surface area (Å²) in [5, 5.41) is 12.3. The molecule has 0 aliphatic carbocycles. The standard InChI is InChI=1S/C11H16N2O2/c1-6-4-5-9(7(2)10(6)14)13-11(15)8(3)12/h4-5,8,14H,12H2,1-3H3,(H,13,15)/t8-/m0/s1. The molecule has 1 aromatic carbocycles. The number of aromatic hydroxyl groups is 1. The smallest absolute Gasteiger partial charge is 0.241 e. The Hall–Kier alpha value is -1.55. The third-order valence-electron chi connectivity index (χ3n) is 2.30. The Labute approximate surface area is 89.1 Å². The van der Waals surface area contributed by atoms with Crippen LogP contribution in [0.4, 0.5) is 5.69 Å². The van der Waals surface area contributed by atoms with E-state index in [0.717, 1.165) is 5.56 Å². The van der Waals surface area contributed by atoms with Crippen molar-refractivity contribution in [3.63, 3.8) is 0 Å². The quantitative estimate of drug-likeness (QED) is 0.685. The molecule has 0 bridgehead atoms. The maximum absolute atomic E-state index is 11.3. The summed E-state index contributed by atoms with van der Waals surface area (Å²) in [6.45, 7) is 5.16. The summed E-state index contributed by atoms with van der Waals surface area (Å²) in [5.74, 6) is -0.0566. The van der Waals surface area contributed by atoms with E-state index in [4.69, 9.17) is 5.73 Å². The zero-order valence-electron chi connectivity index (χ0n) is 9.16. The highest BCUT2D eigenvalue weighted by atomic mass is 16.3. The average molecular weight is 208 g/mol. The number of nitrogens with one attached hydrogen (secondary N) is 1. The van der Waals surface area contributed by atoms with Crippen molar-refractivity contribution in [2.24, 2.45) is 5.73 Å². The molecule has 0 saturated heterocycles. The molecule has 0 spiro atoms. The van der Waals surface area contributed by atoms with Crippen molar-refractivity contribution in [3.8, 4) is 5.75 Å². The molecule has 1 atom stereocenters. The van der Waals surface area contributed by atoms with Crippen molar-refractivity contribution in [1.82, 2.24) is 0 Å². The summed E-state index contributed by atoms with van der Waals surface area (Å²) in [5.41, 5.74) is 7.46. The van der Waals surface area contributed by atoms with Gasteiger partial charge >= 0.3 is 0 Å². The Morgan fingerprint density at radius 2 is 2.07 bits per heavy atom. The van der Waals surface area contributed by atoms with Gasteiger partial charge in [0, 0.05) is 11.3 Å². The molecule has 1 amide bonds. The minimum absolute atomic E-state index is 0.206. The topological polar surface area (TPSA) is 75.4 Å². The van der Waals surface area contributed by atoms with Crippen LogP contribution in [-0.4, -0.2) is 17.1 Å². The molecule has 0 aromatic heterocycles. The minimum atomic E-state index is -0.562. The Balaban J connectivity index is 2.97. The zero-order chi connectivity index (χ0) is 11.6. The summed E-state index contributed by atoms with van der Waals surface area (Å²) >= 11 is 0. The summed E-state index contributed by atoms with van der Waals surface area (Å²) in [6.07, 6.45) is 0. The highest BCUT2D eigenvalue weighted by Crippen LogP contribution is 2.27. The molecule has 15 heavy (non-hydrogen) atoms. The van der Waals surface area contributed by atoms with Gasteiger partial charge < -0.3 is 16.2 Å². The molecule has 1 rings (SSSR count). The molecule has 4 N–H and O–H groups in total. The van der Waals surface area contributed by atoms with Gasteiger partial charge in [0.2, 0.25) is 5.91 Å². The first kappa shape index (κ1) is 11.5. The number of phenols is 1. The molecule has 0 saturated carbocycles. The predicted octanol–water partition coefficient (Wildman–Crippen LogP) is 1.29. The lowest BCUT2D eigenvalue weighted by Crippen LogP contribution is -2.32. The normalized spacial score (nSPS) is 12.3. The molecular formula is C11H16N2O2. The molecule has 0 unspecified atom stereocenters. The molecule has 4 nitrogen and oxygen atoms in total. The van der Waals surface area contributed by atoms with Crippen molar-refractivity contribution >= 4 is 11.6 Å². The second kappa shape index (κ2) is 4.31. The Bertz CT molecular complexity index is 386. The van der Waals surface area contributed by atoms with Gasteiger partial charge in [-0.25, -0.2) is 0 Å².